The predicted molar refractivity (Wildman–Crippen MR) is 71.9 cm³/mol. The van der Waals surface area contributed by atoms with E-state index in [-0.39, 0.29) is 22.1 Å². The molecule has 1 N–H and O–H groups in total. The van der Waals surface area contributed by atoms with Crippen LogP contribution in [0.3, 0.4) is 0 Å². The first-order valence-corrected chi connectivity index (χ1v) is 8.85. The molecule has 1 fully saturated rings. The molecule has 1 aliphatic heterocycles. The van der Waals surface area contributed by atoms with Crippen LogP contribution in [0.1, 0.15) is 16.8 Å². The van der Waals surface area contributed by atoms with Crippen LogP contribution < -0.4 is 0 Å². The van der Waals surface area contributed by atoms with Gasteiger partial charge in [-0.3, -0.25) is 4.21 Å². The fourth-order valence-corrected chi connectivity index (χ4v) is 6.08. The minimum absolute atomic E-state index is 0.0305. The predicted octanol–water partition coefficient (Wildman–Crippen LogP) is 1.33. The van der Waals surface area contributed by atoms with Crippen LogP contribution >= 0.6 is 11.6 Å². The summed E-state index contributed by atoms with van der Waals surface area (Å²) in [6, 6.07) is 4.07. The van der Waals surface area contributed by atoms with E-state index < -0.39 is 31.9 Å². The molecule has 19 heavy (non-hydrogen) atoms. The van der Waals surface area contributed by atoms with Crippen LogP contribution in [-0.2, 0) is 20.6 Å². The first-order chi connectivity index (χ1) is 8.80. The van der Waals surface area contributed by atoms with Crippen molar-refractivity contribution in [2.75, 3.05) is 11.5 Å². The van der Waals surface area contributed by atoms with Crippen molar-refractivity contribution in [1.82, 2.24) is 0 Å². The van der Waals surface area contributed by atoms with Gasteiger partial charge in [0.25, 0.3) is 0 Å². The van der Waals surface area contributed by atoms with Crippen LogP contribution in [-0.4, -0.2) is 40.5 Å². The van der Waals surface area contributed by atoms with E-state index in [9.17, 15) is 17.4 Å². The minimum Gasteiger partial charge on any atom is -0.478 e. The summed E-state index contributed by atoms with van der Waals surface area (Å²) in [5, 5.41) is 8.52. The lowest BCUT2D eigenvalue weighted by Crippen LogP contribution is -2.17. The molecule has 0 aromatic heterocycles. The van der Waals surface area contributed by atoms with Gasteiger partial charge in [0.2, 0.25) is 0 Å². The zero-order chi connectivity index (χ0) is 14.2. The number of halogens is 1. The Bertz CT molecular complexity index is 653. The van der Waals surface area contributed by atoms with E-state index in [2.05, 4.69) is 0 Å². The SMILES string of the molecule is O=C(O)c1cc(S(=O)C2CCS(=O)(=O)C2)ccc1Cl. The van der Waals surface area contributed by atoms with Crippen LogP contribution in [0.2, 0.25) is 5.02 Å². The van der Waals surface area contributed by atoms with Crippen molar-refractivity contribution in [1.29, 1.82) is 0 Å². The smallest absolute Gasteiger partial charge is 0.337 e. The molecule has 0 saturated carbocycles. The van der Waals surface area contributed by atoms with E-state index in [0.29, 0.717) is 11.3 Å². The molecule has 2 atom stereocenters. The van der Waals surface area contributed by atoms with Gasteiger partial charge in [-0.15, -0.1) is 0 Å². The van der Waals surface area contributed by atoms with Gasteiger partial charge in [0.1, 0.15) is 0 Å². The quantitative estimate of drug-likeness (QED) is 0.907. The maximum absolute atomic E-state index is 12.2. The van der Waals surface area contributed by atoms with Crippen LogP contribution in [0, 0.1) is 0 Å². The molecule has 2 rings (SSSR count). The van der Waals surface area contributed by atoms with Gasteiger partial charge in [0.15, 0.2) is 9.84 Å². The third kappa shape index (κ3) is 3.16. The monoisotopic (exact) mass is 322 g/mol. The topological polar surface area (TPSA) is 88.5 Å². The summed E-state index contributed by atoms with van der Waals surface area (Å²) < 4.78 is 34.9. The third-order valence-electron chi connectivity index (χ3n) is 2.89. The van der Waals surface area contributed by atoms with Gasteiger partial charge in [-0.1, -0.05) is 11.6 Å². The summed E-state index contributed by atoms with van der Waals surface area (Å²) in [7, 11) is -4.66. The van der Waals surface area contributed by atoms with Crippen molar-refractivity contribution in [3.05, 3.63) is 28.8 Å². The molecule has 1 aromatic carbocycles. The fraction of sp³-hybridized carbons (Fsp3) is 0.364. The van der Waals surface area contributed by atoms with Crippen molar-refractivity contribution < 1.29 is 22.5 Å². The highest BCUT2D eigenvalue weighted by atomic mass is 35.5. The first kappa shape index (κ1) is 14.5. The Morgan fingerprint density at radius 1 is 1.42 bits per heavy atom. The van der Waals surface area contributed by atoms with Gasteiger partial charge in [-0.05, 0) is 24.6 Å². The Morgan fingerprint density at radius 3 is 2.63 bits per heavy atom. The Morgan fingerprint density at radius 2 is 2.11 bits per heavy atom. The zero-order valence-electron chi connectivity index (χ0n) is 9.71. The van der Waals surface area contributed by atoms with Gasteiger partial charge < -0.3 is 5.11 Å². The number of rotatable bonds is 3. The molecule has 0 aliphatic carbocycles. The maximum atomic E-state index is 12.2. The summed E-state index contributed by atoms with van der Waals surface area (Å²) in [6.07, 6.45) is 0.333. The van der Waals surface area contributed by atoms with E-state index in [0.717, 1.165) is 0 Å². The molecule has 0 radical (unpaired) electrons. The molecule has 2 unspecified atom stereocenters. The van der Waals surface area contributed by atoms with E-state index in [1.807, 2.05) is 0 Å². The molecule has 0 bridgehead atoms. The average Bonchev–Trinajstić information content (AvgIpc) is 2.69. The summed E-state index contributed by atoms with van der Waals surface area (Å²) >= 11 is 5.73. The second kappa shape index (κ2) is 5.22. The normalized spacial score (nSPS) is 23.1. The van der Waals surface area contributed by atoms with Crippen LogP contribution in [0.5, 0.6) is 0 Å². The number of sulfone groups is 1. The first-order valence-electron chi connectivity index (χ1n) is 5.44. The largest absolute Gasteiger partial charge is 0.478 e. The number of carboxylic acid groups (broad SMARTS) is 1. The van der Waals surface area contributed by atoms with Crippen molar-refractivity contribution in [2.45, 2.75) is 16.6 Å². The van der Waals surface area contributed by atoms with E-state index in [4.69, 9.17) is 16.7 Å². The van der Waals surface area contributed by atoms with E-state index in [1.165, 1.54) is 18.2 Å². The van der Waals surface area contributed by atoms with Crippen LogP contribution in [0.15, 0.2) is 23.1 Å². The van der Waals surface area contributed by atoms with Gasteiger partial charge in [-0.2, -0.15) is 0 Å². The Kier molecular flexibility index (Phi) is 3.98. The zero-order valence-corrected chi connectivity index (χ0v) is 12.1. The number of carbonyl (C=O) groups is 1. The molecule has 1 saturated heterocycles. The van der Waals surface area contributed by atoms with E-state index >= 15 is 0 Å². The Balaban J connectivity index is 2.30. The number of carboxylic acids is 1. The standard InChI is InChI=1S/C11H11ClO5S2/c12-10-2-1-7(5-9(10)11(13)14)18(15)8-3-4-19(16,17)6-8/h1-2,5,8H,3-4,6H2,(H,13,14). The summed E-state index contributed by atoms with van der Waals surface area (Å²) in [4.78, 5) is 11.2. The molecular weight excluding hydrogens is 312 g/mol. The van der Waals surface area contributed by atoms with Crippen LogP contribution in [0.4, 0.5) is 0 Å². The molecule has 0 amide bonds. The average molecular weight is 323 g/mol. The lowest BCUT2D eigenvalue weighted by Gasteiger charge is -2.09. The molecule has 104 valence electrons. The van der Waals surface area contributed by atoms with Gasteiger partial charge >= 0.3 is 5.97 Å². The third-order valence-corrected chi connectivity index (χ3v) is 6.93. The summed E-state index contributed by atoms with van der Waals surface area (Å²) in [5.74, 6) is -1.30. The number of hydrogen-bond acceptors (Lipinski definition) is 4. The highest BCUT2D eigenvalue weighted by Gasteiger charge is 2.33. The van der Waals surface area contributed by atoms with Gasteiger partial charge in [0.05, 0.1) is 38.1 Å². The molecular formula is C11H11ClO5S2. The highest BCUT2D eigenvalue weighted by Crippen LogP contribution is 2.25. The Labute approximate surface area is 118 Å². The van der Waals surface area contributed by atoms with E-state index in [1.54, 1.807) is 0 Å². The number of aromatic carboxylic acids is 1. The number of hydrogen-bond donors (Lipinski definition) is 1. The lowest BCUT2D eigenvalue weighted by molar-refractivity contribution is 0.0697. The summed E-state index contributed by atoms with van der Waals surface area (Å²) in [5.41, 5.74) is -0.131. The molecule has 1 aliphatic rings. The van der Waals surface area contributed by atoms with Crippen molar-refractivity contribution in [3.8, 4) is 0 Å². The second-order valence-electron chi connectivity index (χ2n) is 4.27. The van der Waals surface area contributed by atoms with Crippen LogP contribution in [0.25, 0.3) is 0 Å². The molecule has 1 aromatic rings. The maximum Gasteiger partial charge on any atom is 0.337 e. The van der Waals surface area contributed by atoms with Crippen molar-refractivity contribution >= 4 is 38.2 Å². The fourth-order valence-electron chi connectivity index (χ4n) is 1.92. The number of benzene rings is 1. The molecule has 0 spiro atoms. The minimum atomic E-state index is -3.12. The molecule has 5 nitrogen and oxygen atoms in total. The lowest BCUT2D eigenvalue weighted by atomic mass is 10.2. The van der Waals surface area contributed by atoms with Crippen molar-refractivity contribution in [2.24, 2.45) is 0 Å². The molecule has 1 heterocycles. The van der Waals surface area contributed by atoms with Gasteiger partial charge in [-0.25, -0.2) is 13.2 Å². The van der Waals surface area contributed by atoms with Gasteiger partial charge in [0, 0.05) is 4.90 Å². The second-order valence-corrected chi connectivity index (χ2v) is 8.64. The Hall–Kier alpha value is -0.920. The summed E-state index contributed by atoms with van der Waals surface area (Å²) in [6.45, 7) is 0. The van der Waals surface area contributed by atoms with Crippen molar-refractivity contribution in [3.63, 3.8) is 0 Å². The molecule has 8 heteroatoms. The highest BCUT2D eigenvalue weighted by molar-refractivity contribution is 7.94.